The molecule has 0 aliphatic carbocycles. The van der Waals surface area contributed by atoms with Crippen LogP contribution < -0.4 is 4.74 Å². The third kappa shape index (κ3) is 2.57. The number of ether oxygens (including phenoxy) is 1. The fourth-order valence-corrected chi connectivity index (χ4v) is 4.65. The van der Waals surface area contributed by atoms with Crippen molar-refractivity contribution in [2.24, 2.45) is 0 Å². The Labute approximate surface area is 126 Å². The summed E-state index contributed by atoms with van der Waals surface area (Å²) in [4.78, 5) is 12.6. The van der Waals surface area contributed by atoms with Gasteiger partial charge in [0.25, 0.3) is 0 Å². The third-order valence-corrected chi connectivity index (χ3v) is 6.00. The quantitative estimate of drug-likeness (QED) is 0.837. The summed E-state index contributed by atoms with van der Waals surface area (Å²) in [5.41, 5.74) is 2.27. The van der Waals surface area contributed by atoms with Crippen LogP contribution in [-0.4, -0.2) is 22.9 Å². The van der Waals surface area contributed by atoms with Crippen LogP contribution in [0.5, 0.6) is 5.75 Å². The van der Waals surface area contributed by atoms with Crippen LogP contribution >= 0.6 is 27.7 Å². The Morgan fingerprint density at radius 1 is 1.53 bits per heavy atom. The minimum absolute atomic E-state index is 0.187. The highest BCUT2D eigenvalue weighted by molar-refractivity contribution is 9.10. The van der Waals surface area contributed by atoms with E-state index in [1.165, 1.54) is 5.56 Å². The number of carbonyl (C=O) groups excluding carboxylic acids is 1. The number of carbonyl (C=O) groups is 1. The molecule has 19 heavy (non-hydrogen) atoms. The molecule has 1 aromatic carbocycles. The Kier molecular flexibility index (Phi) is 3.65. The first kappa shape index (κ1) is 13.5. The van der Waals surface area contributed by atoms with Gasteiger partial charge in [-0.25, -0.2) is 0 Å². The lowest BCUT2D eigenvalue weighted by molar-refractivity contribution is -0.120. The predicted molar refractivity (Wildman–Crippen MR) is 82.1 cm³/mol. The van der Waals surface area contributed by atoms with Crippen molar-refractivity contribution >= 4 is 33.5 Å². The van der Waals surface area contributed by atoms with Gasteiger partial charge in [0.1, 0.15) is 5.75 Å². The van der Waals surface area contributed by atoms with Gasteiger partial charge in [-0.15, -0.1) is 11.8 Å². The number of ketones is 1. The van der Waals surface area contributed by atoms with Crippen LogP contribution in [0, 0.1) is 0 Å². The second-order valence-electron chi connectivity index (χ2n) is 5.43. The van der Waals surface area contributed by atoms with Crippen LogP contribution in [0.3, 0.4) is 0 Å². The smallest absolute Gasteiger partial charge is 0.153 e. The van der Waals surface area contributed by atoms with Gasteiger partial charge in [0.05, 0.1) is 11.4 Å². The van der Waals surface area contributed by atoms with Crippen molar-refractivity contribution in [2.45, 2.75) is 37.4 Å². The van der Waals surface area contributed by atoms with Gasteiger partial charge in [-0.3, -0.25) is 4.79 Å². The molecule has 0 bridgehead atoms. The topological polar surface area (TPSA) is 26.3 Å². The van der Waals surface area contributed by atoms with Crippen LogP contribution in [0.25, 0.3) is 0 Å². The molecule has 4 heteroatoms. The zero-order valence-electron chi connectivity index (χ0n) is 11.0. The molecular weight excluding hydrogens is 324 g/mol. The molecule has 102 valence electrons. The van der Waals surface area contributed by atoms with E-state index in [0.717, 1.165) is 47.4 Å². The third-order valence-electron chi connectivity index (χ3n) is 3.98. The Bertz CT molecular complexity index is 521. The second-order valence-corrected chi connectivity index (χ2v) is 7.95. The van der Waals surface area contributed by atoms with Crippen molar-refractivity contribution in [1.82, 2.24) is 0 Å². The summed E-state index contributed by atoms with van der Waals surface area (Å²) in [6, 6.07) is 4.13. The van der Waals surface area contributed by atoms with Crippen molar-refractivity contribution in [3.8, 4) is 5.75 Å². The molecule has 3 rings (SSSR count). The number of hydrogen-bond acceptors (Lipinski definition) is 3. The lowest BCUT2D eigenvalue weighted by Crippen LogP contribution is -2.30. The van der Waals surface area contributed by atoms with E-state index in [4.69, 9.17) is 4.74 Å². The summed E-state index contributed by atoms with van der Waals surface area (Å²) in [5.74, 6) is 2.39. The maximum Gasteiger partial charge on any atom is 0.153 e. The summed E-state index contributed by atoms with van der Waals surface area (Å²) >= 11 is 5.34. The normalized spacial score (nSPS) is 25.2. The van der Waals surface area contributed by atoms with Gasteiger partial charge in [0.2, 0.25) is 0 Å². The number of hydrogen-bond donors (Lipinski definition) is 0. The molecule has 2 aliphatic heterocycles. The second kappa shape index (κ2) is 5.13. The number of halogens is 1. The van der Waals surface area contributed by atoms with E-state index in [1.54, 1.807) is 0 Å². The van der Waals surface area contributed by atoms with Crippen LogP contribution in [0.1, 0.15) is 30.9 Å². The van der Waals surface area contributed by atoms with Gasteiger partial charge in [0.15, 0.2) is 5.78 Å². The molecule has 1 saturated heterocycles. The standard InChI is InChI=1S/C15H17BrO2S/c1-15(4-2-6-19-15)13(17)9-11-8-12(16)7-10-3-5-18-14(10)11/h7-8H,2-6,9H2,1H3. The molecule has 2 nitrogen and oxygen atoms in total. The molecule has 0 aromatic heterocycles. The fraction of sp³-hybridized carbons (Fsp3) is 0.533. The molecule has 1 fully saturated rings. The molecule has 1 atom stereocenters. The molecule has 2 aliphatic rings. The minimum atomic E-state index is -0.187. The average Bonchev–Trinajstić information content (AvgIpc) is 2.98. The molecule has 1 unspecified atom stereocenters. The van der Waals surface area contributed by atoms with Crippen LogP contribution in [0.2, 0.25) is 0 Å². The molecule has 0 saturated carbocycles. The number of fused-ring (bicyclic) bond motifs is 1. The maximum atomic E-state index is 12.6. The first-order chi connectivity index (χ1) is 9.08. The molecular formula is C15H17BrO2S. The zero-order chi connectivity index (χ0) is 13.5. The summed E-state index contributed by atoms with van der Waals surface area (Å²) < 4.78 is 6.56. The maximum absolute atomic E-state index is 12.6. The number of thioether (sulfide) groups is 1. The summed E-state index contributed by atoms with van der Waals surface area (Å²) in [6.45, 7) is 2.82. The number of benzene rings is 1. The van der Waals surface area contributed by atoms with Crippen molar-refractivity contribution in [3.63, 3.8) is 0 Å². The van der Waals surface area contributed by atoms with Gasteiger partial charge >= 0.3 is 0 Å². The molecule has 0 spiro atoms. The van der Waals surface area contributed by atoms with Gasteiger partial charge < -0.3 is 4.74 Å². The van der Waals surface area contributed by atoms with Crippen LogP contribution in [0.15, 0.2) is 16.6 Å². The van der Waals surface area contributed by atoms with E-state index in [1.807, 2.05) is 17.8 Å². The molecule has 0 N–H and O–H groups in total. The van der Waals surface area contributed by atoms with E-state index < -0.39 is 0 Å². The van der Waals surface area contributed by atoms with E-state index in [-0.39, 0.29) is 4.75 Å². The summed E-state index contributed by atoms with van der Waals surface area (Å²) in [5, 5.41) is 0. The van der Waals surface area contributed by atoms with Crippen LogP contribution in [0.4, 0.5) is 0 Å². The Morgan fingerprint density at radius 2 is 2.37 bits per heavy atom. The SMILES string of the molecule is CC1(C(=O)Cc2cc(Br)cc3c2OCC3)CCCS1. The van der Waals surface area contributed by atoms with E-state index in [2.05, 4.69) is 28.9 Å². The highest BCUT2D eigenvalue weighted by Crippen LogP contribution is 2.40. The fourth-order valence-electron chi connectivity index (χ4n) is 2.84. The lowest BCUT2D eigenvalue weighted by Gasteiger charge is -2.21. The van der Waals surface area contributed by atoms with E-state index in [9.17, 15) is 4.79 Å². The highest BCUT2D eigenvalue weighted by atomic mass is 79.9. The predicted octanol–water partition coefficient (Wildman–Crippen LogP) is 3.78. The summed E-state index contributed by atoms with van der Waals surface area (Å²) in [6.07, 6.45) is 3.60. The molecule has 2 heterocycles. The number of rotatable bonds is 3. The van der Waals surface area contributed by atoms with Crippen molar-refractivity contribution in [2.75, 3.05) is 12.4 Å². The molecule has 0 radical (unpaired) electrons. The average molecular weight is 341 g/mol. The number of Topliss-reactive ketones (excluding diaryl/α,β-unsaturated/α-hetero) is 1. The van der Waals surface area contributed by atoms with E-state index >= 15 is 0 Å². The largest absolute Gasteiger partial charge is 0.493 e. The highest BCUT2D eigenvalue weighted by Gasteiger charge is 2.37. The lowest BCUT2D eigenvalue weighted by atomic mass is 9.94. The minimum Gasteiger partial charge on any atom is -0.493 e. The molecule has 0 amide bonds. The van der Waals surface area contributed by atoms with Crippen molar-refractivity contribution in [1.29, 1.82) is 0 Å². The Balaban J connectivity index is 1.86. The van der Waals surface area contributed by atoms with Crippen molar-refractivity contribution < 1.29 is 9.53 Å². The zero-order valence-corrected chi connectivity index (χ0v) is 13.4. The van der Waals surface area contributed by atoms with Crippen LogP contribution in [-0.2, 0) is 17.6 Å². The first-order valence-electron chi connectivity index (χ1n) is 6.70. The first-order valence-corrected chi connectivity index (χ1v) is 8.48. The Hall–Kier alpha value is -0.480. The summed E-state index contributed by atoms with van der Waals surface area (Å²) in [7, 11) is 0. The monoisotopic (exact) mass is 340 g/mol. The van der Waals surface area contributed by atoms with Gasteiger partial charge in [-0.2, -0.15) is 0 Å². The van der Waals surface area contributed by atoms with Gasteiger partial charge in [-0.05, 0) is 43.2 Å². The van der Waals surface area contributed by atoms with Gasteiger partial charge in [-0.1, -0.05) is 15.9 Å². The Morgan fingerprint density at radius 3 is 3.11 bits per heavy atom. The molecule has 1 aromatic rings. The van der Waals surface area contributed by atoms with Gasteiger partial charge in [0, 0.05) is 22.9 Å². The van der Waals surface area contributed by atoms with E-state index in [0.29, 0.717) is 12.2 Å². The van der Waals surface area contributed by atoms with Crippen molar-refractivity contribution in [3.05, 3.63) is 27.7 Å².